The first-order chi connectivity index (χ1) is 24.0. The predicted molar refractivity (Wildman–Crippen MR) is 206 cm³/mol. The molecule has 0 saturated heterocycles. The van der Waals surface area contributed by atoms with Crippen LogP contribution in [0.25, 0.3) is 0 Å². The smallest absolute Gasteiger partial charge is 0.462 e. The van der Waals surface area contributed by atoms with Gasteiger partial charge in [-0.2, -0.15) is 0 Å². The minimum absolute atomic E-state index is 0.0306. The van der Waals surface area contributed by atoms with E-state index in [1.165, 1.54) is 77.0 Å². The third-order valence-corrected chi connectivity index (χ3v) is 9.58. The van der Waals surface area contributed by atoms with E-state index < -0.39 is 26.5 Å². The van der Waals surface area contributed by atoms with Gasteiger partial charge in [0, 0.05) is 12.8 Å². The number of quaternary nitrogens is 1. The Hall–Kier alpha value is -1.51. The third kappa shape index (κ3) is 36.3. The molecule has 0 aromatic rings. The van der Waals surface area contributed by atoms with E-state index in [4.69, 9.17) is 18.5 Å². The number of esters is 2. The number of rotatable bonds is 37. The number of allylic oxidation sites excluding steroid dienone is 3. The zero-order chi connectivity index (χ0) is 37.2. The SMILES string of the molecule is C=CCCCCCCCCCCCCCCCC(=O)OC[C@H](COP(=O)(O)OCC[N+](C)(C)C)OC(=O)CCCCCCC/C=C/CCCC. The maximum Gasteiger partial charge on any atom is 0.472 e. The fourth-order valence-corrected chi connectivity index (χ4v) is 6.13. The molecule has 0 aliphatic rings. The highest BCUT2D eigenvalue weighted by Crippen LogP contribution is 2.43. The summed E-state index contributed by atoms with van der Waals surface area (Å²) in [6.45, 7) is 5.88. The summed E-state index contributed by atoms with van der Waals surface area (Å²) in [6, 6.07) is 0. The lowest BCUT2D eigenvalue weighted by molar-refractivity contribution is -0.870. The molecule has 0 spiro atoms. The molecular formula is C40H77NO8P+. The lowest BCUT2D eigenvalue weighted by Gasteiger charge is -2.24. The number of carbonyl (C=O) groups is 2. The highest BCUT2D eigenvalue weighted by molar-refractivity contribution is 7.47. The van der Waals surface area contributed by atoms with Crippen LogP contribution in [-0.4, -0.2) is 74.9 Å². The van der Waals surface area contributed by atoms with Crippen LogP contribution in [0, 0.1) is 0 Å². The first-order valence-electron chi connectivity index (χ1n) is 20.0. The van der Waals surface area contributed by atoms with Gasteiger partial charge in [-0.25, -0.2) is 4.57 Å². The molecule has 0 rings (SSSR count). The molecule has 50 heavy (non-hydrogen) atoms. The van der Waals surface area contributed by atoms with Crippen molar-refractivity contribution in [2.45, 2.75) is 174 Å². The molecule has 0 bridgehead atoms. The van der Waals surface area contributed by atoms with Gasteiger partial charge < -0.3 is 18.9 Å². The summed E-state index contributed by atoms with van der Waals surface area (Å²) in [5.41, 5.74) is 0. The number of nitrogens with zero attached hydrogens (tertiary/aromatic N) is 1. The van der Waals surface area contributed by atoms with Crippen molar-refractivity contribution in [2.24, 2.45) is 0 Å². The number of phosphoric ester groups is 1. The molecule has 9 nitrogen and oxygen atoms in total. The van der Waals surface area contributed by atoms with E-state index in [0.29, 0.717) is 17.4 Å². The molecule has 1 unspecified atom stereocenters. The minimum Gasteiger partial charge on any atom is -0.462 e. The van der Waals surface area contributed by atoms with Gasteiger partial charge in [0.2, 0.25) is 0 Å². The molecule has 0 aromatic carbocycles. The summed E-state index contributed by atoms with van der Waals surface area (Å²) in [7, 11) is 1.47. The Morgan fingerprint density at radius 1 is 0.660 bits per heavy atom. The first-order valence-corrected chi connectivity index (χ1v) is 21.5. The van der Waals surface area contributed by atoms with Crippen LogP contribution in [0.5, 0.6) is 0 Å². The third-order valence-electron chi connectivity index (χ3n) is 8.60. The van der Waals surface area contributed by atoms with E-state index in [2.05, 4.69) is 25.7 Å². The van der Waals surface area contributed by atoms with Crippen molar-refractivity contribution in [1.82, 2.24) is 0 Å². The van der Waals surface area contributed by atoms with Crippen molar-refractivity contribution in [2.75, 3.05) is 47.5 Å². The molecule has 0 saturated carbocycles. The van der Waals surface area contributed by atoms with Crippen LogP contribution in [-0.2, 0) is 32.7 Å². The van der Waals surface area contributed by atoms with Crippen molar-refractivity contribution in [1.29, 1.82) is 0 Å². The van der Waals surface area contributed by atoms with Crippen molar-refractivity contribution in [3.63, 3.8) is 0 Å². The molecule has 0 heterocycles. The molecule has 0 amide bonds. The number of hydrogen-bond donors (Lipinski definition) is 1. The van der Waals surface area contributed by atoms with Gasteiger partial charge in [-0.1, -0.05) is 128 Å². The minimum atomic E-state index is -4.37. The largest absolute Gasteiger partial charge is 0.472 e. The highest BCUT2D eigenvalue weighted by Gasteiger charge is 2.27. The van der Waals surface area contributed by atoms with Crippen molar-refractivity contribution >= 4 is 19.8 Å². The number of hydrogen-bond acceptors (Lipinski definition) is 7. The van der Waals surface area contributed by atoms with E-state index >= 15 is 0 Å². The number of ether oxygens (including phenoxy) is 2. The van der Waals surface area contributed by atoms with E-state index in [1.807, 2.05) is 27.2 Å². The molecule has 0 aliphatic carbocycles. The van der Waals surface area contributed by atoms with Crippen molar-refractivity contribution in [3.8, 4) is 0 Å². The molecule has 1 N–H and O–H groups in total. The summed E-state index contributed by atoms with van der Waals surface area (Å²) >= 11 is 0. The van der Waals surface area contributed by atoms with Crippen LogP contribution < -0.4 is 0 Å². The summed E-state index contributed by atoms with van der Waals surface area (Å²) in [4.78, 5) is 35.2. The maximum absolute atomic E-state index is 12.6. The number of unbranched alkanes of at least 4 members (excludes halogenated alkanes) is 20. The van der Waals surface area contributed by atoms with Gasteiger partial charge in [0.25, 0.3) is 0 Å². The summed E-state index contributed by atoms with van der Waals surface area (Å²) < 4.78 is 34.2. The molecule has 0 fully saturated rings. The summed E-state index contributed by atoms with van der Waals surface area (Å²) in [6.07, 6.45) is 32.6. The lowest BCUT2D eigenvalue weighted by atomic mass is 10.0. The lowest BCUT2D eigenvalue weighted by Crippen LogP contribution is -2.37. The molecule has 0 aromatic heterocycles. The van der Waals surface area contributed by atoms with Gasteiger partial charge in [-0.3, -0.25) is 18.6 Å². The van der Waals surface area contributed by atoms with Crippen LogP contribution in [0.2, 0.25) is 0 Å². The fraction of sp³-hybridized carbons (Fsp3) is 0.850. The second kappa shape index (κ2) is 33.3. The average Bonchev–Trinajstić information content (AvgIpc) is 3.06. The van der Waals surface area contributed by atoms with Gasteiger partial charge in [0.15, 0.2) is 6.10 Å². The standard InChI is InChI=1S/C40H76NO8P/c1-6-8-10-12-14-16-18-19-20-21-23-24-26-28-30-32-39(42)46-36-38(37-48-50(44,45)47-35-34-41(3,4)5)49-40(43)33-31-29-27-25-22-17-15-13-11-9-7-2/h6,13,15,38H,1,7-12,14,16-37H2,2-5H3/p+1/b15-13+/t38-/m1/s1. The molecular weight excluding hydrogens is 653 g/mol. The predicted octanol–water partition coefficient (Wildman–Crippen LogP) is 10.8. The Balaban J connectivity index is 4.37. The zero-order valence-corrected chi connectivity index (χ0v) is 33.6. The molecule has 0 radical (unpaired) electrons. The van der Waals surface area contributed by atoms with Crippen molar-refractivity contribution in [3.05, 3.63) is 24.8 Å². The van der Waals surface area contributed by atoms with Crippen LogP contribution in [0.4, 0.5) is 0 Å². The average molecular weight is 731 g/mol. The monoisotopic (exact) mass is 731 g/mol. The van der Waals surface area contributed by atoms with E-state index in [0.717, 1.165) is 64.2 Å². The molecule has 10 heteroatoms. The van der Waals surface area contributed by atoms with Gasteiger partial charge >= 0.3 is 19.8 Å². The Morgan fingerprint density at radius 2 is 1.12 bits per heavy atom. The van der Waals surface area contributed by atoms with Gasteiger partial charge in [-0.15, -0.1) is 6.58 Å². The normalized spacial score (nSPS) is 13.7. The Labute approximate surface area is 307 Å². The Kier molecular flexibility index (Phi) is 32.3. The summed E-state index contributed by atoms with van der Waals surface area (Å²) in [5, 5.41) is 0. The second-order valence-electron chi connectivity index (χ2n) is 14.7. The van der Waals surface area contributed by atoms with Crippen molar-refractivity contribution < 1.29 is 42.1 Å². The quantitative estimate of drug-likeness (QED) is 0.0221. The Morgan fingerprint density at radius 3 is 1.62 bits per heavy atom. The molecule has 0 aliphatic heterocycles. The van der Waals surface area contributed by atoms with E-state index in [-0.39, 0.29) is 32.0 Å². The molecule has 294 valence electrons. The van der Waals surface area contributed by atoms with Crippen LogP contribution in [0.15, 0.2) is 24.8 Å². The van der Waals surface area contributed by atoms with Gasteiger partial charge in [0.1, 0.15) is 19.8 Å². The Bertz CT molecular complexity index is 904. The van der Waals surface area contributed by atoms with E-state index in [1.54, 1.807) is 0 Å². The highest BCUT2D eigenvalue weighted by atomic mass is 31.2. The van der Waals surface area contributed by atoms with E-state index in [9.17, 15) is 19.0 Å². The zero-order valence-electron chi connectivity index (χ0n) is 32.7. The number of likely N-dealkylation sites (N-methyl/N-ethyl adjacent to an activating group) is 1. The molecule has 2 atom stereocenters. The van der Waals surface area contributed by atoms with Gasteiger partial charge in [0.05, 0.1) is 27.7 Å². The topological polar surface area (TPSA) is 108 Å². The second-order valence-corrected chi connectivity index (χ2v) is 16.2. The number of phosphoric acid groups is 1. The van der Waals surface area contributed by atoms with Crippen LogP contribution >= 0.6 is 7.82 Å². The van der Waals surface area contributed by atoms with Crippen LogP contribution in [0.3, 0.4) is 0 Å². The first kappa shape index (κ1) is 48.5. The number of carbonyl (C=O) groups excluding carboxylic acids is 2. The fourth-order valence-electron chi connectivity index (χ4n) is 5.39. The summed E-state index contributed by atoms with van der Waals surface area (Å²) in [5.74, 6) is -0.811. The van der Waals surface area contributed by atoms with Gasteiger partial charge in [-0.05, 0) is 44.9 Å². The maximum atomic E-state index is 12.6. The van der Waals surface area contributed by atoms with Crippen LogP contribution in [0.1, 0.15) is 167 Å².